The number of sulfonamides is 1. The number of nitrogens with two attached hydrogens (primary N) is 1. The van der Waals surface area contributed by atoms with Crippen LogP contribution in [0.1, 0.15) is 44.1 Å². The first-order valence-corrected chi connectivity index (χ1v) is 10.7. The van der Waals surface area contributed by atoms with Gasteiger partial charge in [0.15, 0.2) is 5.96 Å². The first-order valence-electron chi connectivity index (χ1n) is 9.21. The molecule has 2 N–H and O–H groups in total. The summed E-state index contributed by atoms with van der Waals surface area (Å²) < 4.78 is 26.9. The number of piperidine rings is 2. The maximum absolute atomic E-state index is 12.6. The molecule has 2 saturated heterocycles. The van der Waals surface area contributed by atoms with E-state index in [0.717, 1.165) is 37.9 Å². The van der Waals surface area contributed by atoms with Crippen molar-refractivity contribution < 1.29 is 8.42 Å². The van der Waals surface area contributed by atoms with Gasteiger partial charge in [0.25, 0.3) is 0 Å². The van der Waals surface area contributed by atoms with E-state index in [4.69, 9.17) is 5.73 Å². The number of guanidine groups is 1. The van der Waals surface area contributed by atoms with Crippen molar-refractivity contribution in [2.75, 3.05) is 26.2 Å². The van der Waals surface area contributed by atoms with Crippen molar-refractivity contribution in [3.63, 3.8) is 0 Å². The SMILES string of the molecule is I.NC(=NCc1ccc(S(=O)(=O)N2CCCCC2)cc1)N1CCCCC1. The van der Waals surface area contributed by atoms with Crippen molar-refractivity contribution in [2.24, 2.45) is 10.7 Å². The van der Waals surface area contributed by atoms with Crippen LogP contribution in [0.25, 0.3) is 0 Å². The summed E-state index contributed by atoms with van der Waals surface area (Å²) in [5, 5.41) is 0. The van der Waals surface area contributed by atoms with Crippen LogP contribution in [0, 0.1) is 0 Å². The fourth-order valence-electron chi connectivity index (χ4n) is 3.42. The average molecular weight is 492 g/mol. The van der Waals surface area contributed by atoms with Crippen LogP contribution in [-0.4, -0.2) is 49.8 Å². The molecule has 3 rings (SSSR count). The fourth-order valence-corrected chi connectivity index (χ4v) is 4.93. The molecule has 0 bridgehead atoms. The molecular weight excluding hydrogens is 463 g/mol. The average Bonchev–Trinajstić information content (AvgIpc) is 2.68. The van der Waals surface area contributed by atoms with Gasteiger partial charge in [-0.15, -0.1) is 24.0 Å². The van der Waals surface area contributed by atoms with Crippen molar-refractivity contribution >= 4 is 40.0 Å². The maximum Gasteiger partial charge on any atom is 0.243 e. The minimum absolute atomic E-state index is 0. The van der Waals surface area contributed by atoms with E-state index in [1.807, 2.05) is 12.1 Å². The molecule has 0 radical (unpaired) electrons. The van der Waals surface area contributed by atoms with E-state index in [1.165, 1.54) is 19.3 Å². The Labute approximate surface area is 173 Å². The lowest BCUT2D eigenvalue weighted by Gasteiger charge is -2.27. The Balaban J connectivity index is 0.00000243. The highest BCUT2D eigenvalue weighted by Crippen LogP contribution is 2.21. The Morgan fingerprint density at radius 3 is 2.04 bits per heavy atom. The summed E-state index contributed by atoms with van der Waals surface area (Å²) in [6.07, 6.45) is 6.60. The summed E-state index contributed by atoms with van der Waals surface area (Å²) >= 11 is 0. The molecule has 6 nitrogen and oxygen atoms in total. The minimum Gasteiger partial charge on any atom is -0.370 e. The first-order chi connectivity index (χ1) is 12.1. The zero-order chi connectivity index (χ0) is 17.7. The molecule has 2 aliphatic heterocycles. The largest absolute Gasteiger partial charge is 0.370 e. The molecule has 0 saturated carbocycles. The zero-order valence-corrected chi connectivity index (χ0v) is 18.3. The van der Waals surface area contributed by atoms with Crippen LogP contribution in [0.2, 0.25) is 0 Å². The molecule has 0 aliphatic carbocycles. The molecule has 0 atom stereocenters. The Bertz CT molecular complexity index is 694. The van der Waals surface area contributed by atoms with E-state index < -0.39 is 10.0 Å². The molecule has 2 fully saturated rings. The number of hydrogen-bond acceptors (Lipinski definition) is 3. The number of likely N-dealkylation sites (tertiary alicyclic amines) is 1. The summed E-state index contributed by atoms with van der Waals surface area (Å²) in [7, 11) is -3.36. The predicted molar refractivity (Wildman–Crippen MR) is 115 cm³/mol. The van der Waals surface area contributed by atoms with Gasteiger partial charge in [-0.05, 0) is 49.8 Å². The van der Waals surface area contributed by atoms with Crippen molar-refractivity contribution in [1.82, 2.24) is 9.21 Å². The molecule has 2 aliphatic rings. The number of hydrogen-bond donors (Lipinski definition) is 1. The van der Waals surface area contributed by atoms with Crippen LogP contribution >= 0.6 is 24.0 Å². The molecule has 8 heteroatoms. The summed E-state index contributed by atoms with van der Waals surface area (Å²) in [5.74, 6) is 0.588. The van der Waals surface area contributed by atoms with Crippen molar-refractivity contribution in [3.8, 4) is 0 Å². The topological polar surface area (TPSA) is 79.0 Å². The molecule has 26 heavy (non-hydrogen) atoms. The second kappa shape index (κ2) is 9.89. The summed E-state index contributed by atoms with van der Waals surface area (Å²) in [5.41, 5.74) is 7.04. The molecule has 2 heterocycles. The van der Waals surface area contributed by atoms with Crippen molar-refractivity contribution in [3.05, 3.63) is 29.8 Å². The Kier molecular flexibility index (Phi) is 8.15. The van der Waals surface area contributed by atoms with Gasteiger partial charge >= 0.3 is 0 Å². The van der Waals surface area contributed by atoms with Gasteiger partial charge in [-0.25, -0.2) is 13.4 Å². The number of nitrogens with zero attached hydrogens (tertiary/aromatic N) is 3. The van der Waals surface area contributed by atoms with Gasteiger partial charge in [0.1, 0.15) is 0 Å². The van der Waals surface area contributed by atoms with Crippen LogP contribution in [0.4, 0.5) is 0 Å². The van der Waals surface area contributed by atoms with Crippen LogP contribution < -0.4 is 5.73 Å². The van der Waals surface area contributed by atoms with Gasteiger partial charge in [0, 0.05) is 26.2 Å². The third-order valence-electron chi connectivity index (χ3n) is 4.98. The fraction of sp³-hybridized carbons (Fsp3) is 0.611. The van der Waals surface area contributed by atoms with Crippen LogP contribution in [0.3, 0.4) is 0 Å². The van der Waals surface area contributed by atoms with Crippen LogP contribution in [-0.2, 0) is 16.6 Å². The number of benzene rings is 1. The van der Waals surface area contributed by atoms with Gasteiger partial charge in [-0.3, -0.25) is 0 Å². The monoisotopic (exact) mass is 492 g/mol. The lowest BCUT2D eigenvalue weighted by Crippen LogP contribution is -2.40. The molecular formula is C18H29IN4O2S. The van der Waals surface area contributed by atoms with E-state index in [9.17, 15) is 8.42 Å². The quantitative estimate of drug-likeness (QED) is 0.399. The molecule has 1 aromatic rings. The van der Waals surface area contributed by atoms with Gasteiger partial charge < -0.3 is 10.6 Å². The maximum atomic E-state index is 12.6. The molecule has 1 aromatic carbocycles. The van der Waals surface area contributed by atoms with Crippen molar-refractivity contribution in [1.29, 1.82) is 0 Å². The smallest absolute Gasteiger partial charge is 0.243 e. The summed E-state index contributed by atoms with van der Waals surface area (Å²) in [4.78, 5) is 6.95. The number of aliphatic imine (C=N–C) groups is 1. The number of rotatable bonds is 4. The predicted octanol–water partition coefficient (Wildman–Crippen LogP) is 2.78. The van der Waals surface area contributed by atoms with E-state index >= 15 is 0 Å². The third-order valence-corrected chi connectivity index (χ3v) is 6.89. The molecule has 0 spiro atoms. The van der Waals surface area contributed by atoms with E-state index in [-0.39, 0.29) is 24.0 Å². The number of halogens is 1. The lowest BCUT2D eigenvalue weighted by molar-refractivity contribution is 0.338. The van der Waals surface area contributed by atoms with E-state index in [0.29, 0.717) is 30.5 Å². The third kappa shape index (κ3) is 5.32. The standard InChI is InChI=1S/C18H28N4O2S.HI/c19-18(21-11-3-1-4-12-21)20-15-16-7-9-17(10-8-16)25(23,24)22-13-5-2-6-14-22;/h7-10H,1-6,11-15H2,(H2,19,20);1H. The van der Waals surface area contributed by atoms with E-state index in [1.54, 1.807) is 16.4 Å². The highest BCUT2D eigenvalue weighted by molar-refractivity contribution is 14.0. The minimum atomic E-state index is -3.36. The first kappa shape index (κ1) is 21.4. The van der Waals surface area contributed by atoms with E-state index in [2.05, 4.69) is 9.89 Å². The zero-order valence-electron chi connectivity index (χ0n) is 15.1. The highest BCUT2D eigenvalue weighted by atomic mass is 127. The normalized spacial score (nSPS) is 19.8. The summed E-state index contributed by atoms with van der Waals surface area (Å²) in [6, 6.07) is 7.05. The second-order valence-corrected chi connectivity index (χ2v) is 8.77. The van der Waals surface area contributed by atoms with Crippen molar-refractivity contribution in [2.45, 2.75) is 50.0 Å². The highest BCUT2D eigenvalue weighted by Gasteiger charge is 2.25. The molecule has 0 amide bonds. The lowest BCUT2D eigenvalue weighted by atomic mass is 10.1. The van der Waals surface area contributed by atoms with Gasteiger partial charge in [-0.1, -0.05) is 18.6 Å². The Morgan fingerprint density at radius 2 is 1.46 bits per heavy atom. The Hall–Kier alpha value is -0.870. The van der Waals surface area contributed by atoms with Gasteiger partial charge in [-0.2, -0.15) is 4.31 Å². The van der Waals surface area contributed by atoms with Crippen LogP contribution in [0.15, 0.2) is 34.2 Å². The molecule has 0 unspecified atom stereocenters. The Morgan fingerprint density at radius 1 is 0.923 bits per heavy atom. The van der Waals surface area contributed by atoms with Gasteiger partial charge in [0.2, 0.25) is 10.0 Å². The molecule has 146 valence electrons. The van der Waals surface area contributed by atoms with Crippen LogP contribution in [0.5, 0.6) is 0 Å². The summed E-state index contributed by atoms with van der Waals surface area (Å²) in [6.45, 7) is 3.68. The van der Waals surface area contributed by atoms with Gasteiger partial charge in [0.05, 0.1) is 11.4 Å². The molecule has 0 aromatic heterocycles. The second-order valence-electron chi connectivity index (χ2n) is 6.83.